The molecule has 15 aromatic rings. The number of carboxylic acid groups (broad SMARTS) is 1. The molecule has 23 nitrogen and oxygen atoms in total. The Morgan fingerprint density at radius 2 is 1.03 bits per heavy atom. The summed E-state index contributed by atoms with van der Waals surface area (Å²) in [4.78, 5) is 58.1. The molecule has 106 heavy (non-hydrogen) atoms. The number of ether oxygens (including phenoxy) is 3. The van der Waals surface area contributed by atoms with Gasteiger partial charge in [0.15, 0.2) is 0 Å². The SMILES string of the molecule is COc1cc2c(cc1-c1c(C)noc1C)[nH]c1nc(C(=O)NCC[C@H](O)CO)nc(-c3ccnc4ccc(F)cc34)c12.COc1cc2c(cc1-c1c(C)noc1C)[nH]c1nc(C(=O)O)nc(-c3ccnc4ccc(F)cc34)c12.NCC[C@H](O)CCCOC(c1ccccc1)(c1ccccc1)c1ccccc1. The number of aromatic nitrogens is 10. The zero-order valence-corrected chi connectivity index (χ0v) is 58.6. The Hall–Kier alpha value is -12.3. The van der Waals surface area contributed by atoms with E-state index >= 15 is 0 Å². The number of rotatable bonds is 22. The van der Waals surface area contributed by atoms with Crippen LogP contribution in [0.5, 0.6) is 11.5 Å². The van der Waals surface area contributed by atoms with Gasteiger partial charge in [-0.05, 0) is 149 Å². The van der Waals surface area contributed by atoms with E-state index in [2.05, 4.69) is 91.9 Å². The number of aliphatic hydroxyl groups excluding tert-OH is 3. The second kappa shape index (κ2) is 31.4. The molecule has 0 fully saturated rings. The van der Waals surface area contributed by atoms with Crippen molar-refractivity contribution in [2.24, 2.45) is 5.73 Å². The molecule has 8 heterocycles. The van der Waals surface area contributed by atoms with E-state index in [-0.39, 0.29) is 30.7 Å². The molecule has 0 aliphatic carbocycles. The fraction of sp³-hybridized carbons (Fsp3) is 0.210. The lowest BCUT2D eigenvalue weighted by atomic mass is 9.80. The van der Waals surface area contributed by atoms with E-state index in [0.717, 1.165) is 50.8 Å². The quantitative estimate of drug-likeness (QED) is 0.0231. The maximum Gasteiger partial charge on any atom is 0.374 e. The lowest BCUT2D eigenvalue weighted by molar-refractivity contribution is 0.00574. The van der Waals surface area contributed by atoms with E-state index in [1.54, 1.807) is 50.9 Å². The van der Waals surface area contributed by atoms with Crippen LogP contribution in [-0.2, 0) is 10.3 Å². The number of aliphatic hydroxyl groups is 3. The number of nitrogens with one attached hydrogen (secondary N) is 3. The van der Waals surface area contributed by atoms with Crippen LogP contribution in [0.1, 0.15) is 86.5 Å². The van der Waals surface area contributed by atoms with Gasteiger partial charge in [-0.1, -0.05) is 101 Å². The van der Waals surface area contributed by atoms with E-state index in [4.69, 9.17) is 34.1 Å². The predicted octanol–water partition coefficient (Wildman–Crippen LogP) is 14.1. The van der Waals surface area contributed by atoms with Crippen molar-refractivity contribution in [1.29, 1.82) is 0 Å². The number of amides is 1. The summed E-state index contributed by atoms with van der Waals surface area (Å²) >= 11 is 0. The highest BCUT2D eigenvalue weighted by molar-refractivity contribution is 6.18. The van der Waals surface area contributed by atoms with Crippen LogP contribution in [0.4, 0.5) is 8.78 Å². The monoisotopic (exact) mass is 1430 g/mol. The number of carbonyl (C=O) groups excluding carboxylic acids is 1. The number of carboxylic acids is 1. The Labute approximate surface area is 605 Å². The highest BCUT2D eigenvalue weighted by Gasteiger charge is 2.38. The van der Waals surface area contributed by atoms with Crippen molar-refractivity contribution >= 4 is 77.6 Å². The first-order valence-electron chi connectivity index (χ1n) is 34.2. The first-order valence-corrected chi connectivity index (χ1v) is 34.2. The molecular formula is C81H74F2N12O11. The first kappa shape index (κ1) is 72.1. The molecule has 15 rings (SSSR count). The number of pyridine rings is 2. The Kier molecular flexibility index (Phi) is 21.3. The number of aromatic amines is 2. The summed E-state index contributed by atoms with van der Waals surface area (Å²) in [5, 5.41) is 52.9. The van der Waals surface area contributed by atoms with Gasteiger partial charge in [-0.2, -0.15) is 0 Å². The molecular weight excluding hydrogens is 1350 g/mol. The van der Waals surface area contributed by atoms with Crippen LogP contribution in [0.25, 0.3) is 110 Å². The van der Waals surface area contributed by atoms with Crippen molar-refractivity contribution in [3.8, 4) is 56.3 Å². The van der Waals surface area contributed by atoms with Crippen LogP contribution in [-0.4, -0.2) is 135 Å². The van der Waals surface area contributed by atoms with Gasteiger partial charge < -0.3 is 64.7 Å². The van der Waals surface area contributed by atoms with E-state index in [1.807, 2.05) is 107 Å². The highest BCUT2D eigenvalue weighted by atomic mass is 19.1. The number of nitrogens with two attached hydrogens (primary N) is 1. The Balaban J connectivity index is 0.000000144. The zero-order chi connectivity index (χ0) is 74.3. The number of methoxy groups -OCH3 is 2. The summed E-state index contributed by atoms with van der Waals surface area (Å²) in [6, 6.07) is 50.5. The number of hydrogen-bond acceptors (Lipinski definition) is 19. The van der Waals surface area contributed by atoms with Crippen molar-refractivity contribution in [1.82, 2.24) is 55.5 Å². The molecule has 1 amide bonds. The standard InChI is InChI=1S/C30H27FN6O5.C26H18FN5O4.C25H29NO2/c1-14-25(15(2)42-37-14)21-11-23-20(12-24(21)41-3)26-27(18-7-9-32-22-5-4-16(31)10-19(18)22)35-29(36-28(26)34-23)30(40)33-8-6-17(39)13-38;1-11-21(12(2)36-32-11)17-9-19-16(10-20(17)35-3)22-23(30-25(26(33)34)31-24(22)29-19)14-6-7-28-18-5-4-13(27)8-15(14)18;26-19-18-24(27)17-10-20-28-25(21-11-4-1-5-12-21,22-13-6-2-7-14-22)23-15-8-3-9-16-23/h4-5,7,9-12,17,38-39H,6,8,13H2,1-3H3,(H,33,40)(H,34,35,36);4-10H,1-3H3,(H,33,34)(H,29,30,31);1-9,11-16,24,27H,10,17-20,26H2/t17-;;24-/m0.1/s1. The number of hydrogen-bond donors (Lipinski definition) is 8. The first-order chi connectivity index (χ1) is 51.4. The molecule has 0 radical (unpaired) electrons. The zero-order valence-electron chi connectivity index (χ0n) is 58.6. The average molecular weight is 1430 g/mol. The van der Waals surface area contributed by atoms with Gasteiger partial charge in [-0.3, -0.25) is 14.8 Å². The third kappa shape index (κ3) is 14.4. The minimum atomic E-state index is -1.28. The fourth-order valence-corrected chi connectivity index (χ4v) is 13.5. The van der Waals surface area contributed by atoms with Crippen molar-refractivity contribution in [3.05, 3.63) is 239 Å². The van der Waals surface area contributed by atoms with Gasteiger partial charge in [0, 0.05) is 80.4 Å². The molecule has 538 valence electrons. The molecule has 7 aromatic carbocycles. The smallest absolute Gasteiger partial charge is 0.374 e. The molecule has 0 spiro atoms. The lowest BCUT2D eigenvalue weighted by Gasteiger charge is -2.36. The average Bonchev–Trinajstić information content (AvgIpc) is 1.57. The van der Waals surface area contributed by atoms with Crippen LogP contribution in [0, 0.1) is 39.3 Å². The number of carbonyl (C=O) groups is 2. The van der Waals surface area contributed by atoms with E-state index in [9.17, 15) is 33.7 Å². The fourth-order valence-electron chi connectivity index (χ4n) is 13.5. The Morgan fingerprint density at radius 1 is 0.566 bits per heavy atom. The predicted molar refractivity (Wildman–Crippen MR) is 398 cm³/mol. The third-order valence-electron chi connectivity index (χ3n) is 18.5. The number of nitrogens with zero attached hydrogens (tertiary/aromatic N) is 8. The molecule has 0 bridgehead atoms. The molecule has 0 unspecified atom stereocenters. The van der Waals surface area contributed by atoms with Crippen LogP contribution in [0.15, 0.2) is 185 Å². The van der Waals surface area contributed by atoms with Crippen molar-refractivity contribution < 1.29 is 62.1 Å². The number of benzene rings is 7. The molecule has 0 saturated heterocycles. The van der Waals surface area contributed by atoms with E-state index in [1.165, 1.54) is 24.3 Å². The summed E-state index contributed by atoms with van der Waals surface area (Å²) in [5.74, 6) is -0.828. The third-order valence-corrected chi connectivity index (χ3v) is 18.5. The Bertz CT molecular complexity index is 5580. The van der Waals surface area contributed by atoms with Crippen LogP contribution >= 0.6 is 0 Å². The minimum Gasteiger partial charge on any atom is -0.496 e. The molecule has 0 saturated carbocycles. The summed E-state index contributed by atoms with van der Waals surface area (Å²) in [6.45, 7) is 8.07. The van der Waals surface area contributed by atoms with Gasteiger partial charge >= 0.3 is 5.97 Å². The van der Waals surface area contributed by atoms with Gasteiger partial charge in [-0.25, -0.2) is 33.5 Å². The summed E-state index contributed by atoms with van der Waals surface area (Å²) in [6.07, 6.45) is 4.09. The van der Waals surface area contributed by atoms with E-state index < -0.39 is 41.8 Å². The molecule has 0 aliphatic heterocycles. The number of aryl methyl sites for hydroxylation is 4. The van der Waals surface area contributed by atoms with Crippen LogP contribution < -0.4 is 20.5 Å². The summed E-state index contributed by atoms with van der Waals surface area (Å²) in [7, 11) is 3.14. The van der Waals surface area contributed by atoms with Gasteiger partial charge in [0.05, 0.1) is 88.7 Å². The lowest BCUT2D eigenvalue weighted by Crippen LogP contribution is -2.33. The number of H-pyrrole nitrogens is 2. The van der Waals surface area contributed by atoms with Crippen LogP contribution in [0.3, 0.4) is 0 Å². The highest BCUT2D eigenvalue weighted by Crippen LogP contribution is 2.46. The maximum absolute atomic E-state index is 14.4. The van der Waals surface area contributed by atoms with Gasteiger partial charge in [0.2, 0.25) is 11.6 Å². The molecule has 8 aromatic heterocycles. The maximum atomic E-state index is 14.4. The number of halogens is 2. The normalized spacial score (nSPS) is 12.2. The van der Waals surface area contributed by atoms with Crippen LogP contribution in [0.2, 0.25) is 0 Å². The van der Waals surface area contributed by atoms with Crippen molar-refractivity contribution in [2.75, 3.05) is 40.5 Å². The largest absolute Gasteiger partial charge is 0.496 e. The molecule has 0 aliphatic rings. The van der Waals surface area contributed by atoms with E-state index in [0.29, 0.717) is 143 Å². The van der Waals surface area contributed by atoms with Gasteiger partial charge in [-0.15, -0.1) is 0 Å². The molecule has 2 atom stereocenters. The second-order valence-electron chi connectivity index (χ2n) is 25.3. The minimum absolute atomic E-state index is 0.103. The van der Waals surface area contributed by atoms with Gasteiger partial charge in [0.1, 0.15) is 51.5 Å². The van der Waals surface area contributed by atoms with Crippen molar-refractivity contribution in [3.63, 3.8) is 0 Å². The number of aromatic carboxylic acids is 1. The number of fused-ring (bicyclic) bond motifs is 8. The summed E-state index contributed by atoms with van der Waals surface area (Å²) in [5.41, 5.74) is 17.7. The second-order valence-corrected chi connectivity index (χ2v) is 25.3. The molecule has 9 N–H and O–H groups in total. The topological polar surface area (TPSA) is 342 Å². The molecule has 25 heteroatoms. The Morgan fingerprint density at radius 3 is 1.45 bits per heavy atom. The summed E-state index contributed by atoms with van der Waals surface area (Å²) < 4.78 is 57.6. The van der Waals surface area contributed by atoms with Gasteiger partial charge in [0.25, 0.3) is 5.91 Å². The van der Waals surface area contributed by atoms with Crippen molar-refractivity contribution in [2.45, 2.75) is 71.2 Å².